The summed E-state index contributed by atoms with van der Waals surface area (Å²) in [5.74, 6) is 0.726. The van der Waals surface area contributed by atoms with Gasteiger partial charge in [-0.1, -0.05) is 25.1 Å². The normalized spacial score (nSPS) is 14.7. The molecule has 0 fully saturated rings. The number of hydrogen-bond acceptors (Lipinski definition) is 3. The van der Waals surface area contributed by atoms with Crippen LogP contribution in [-0.2, 0) is 10.3 Å². The van der Waals surface area contributed by atoms with Crippen molar-refractivity contribution in [3.8, 4) is 5.75 Å². The molecule has 1 unspecified atom stereocenters. The van der Waals surface area contributed by atoms with Crippen LogP contribution in [0.1, 0.15) is 32.8 Å². The molecule has 17 heavy (non-hydrogen) atoms. The van der Waals surface area contributed by atoms with Gasteiger partial charge in [0.25, 0.3) is 0 Å². The van der Waals surface area contributed by atoms with Crippen LogP contribution in [0.25, 0.3) is 0 Å². The van der Waals surface area contributed by atoms with E-state index in [2.05, 4.69) is 0 Å². The fourth-order valence-electron chi connectivity index (χ4n) is 1.82. The number of hydrogen-bond donors (Lipinski definition) is 1. The monoisotopic (exact) mass is 238 g/mol. The molecule has 1 aromatic rings. The molecule has 1 rings (SSSR count). The standard InChI is InChI=1S/C14H22O3/c1-5-14(15,10-16-4)12-8-6-7-9-13(12)17-11(2)3/h6-9,11,15H,5,10H2,1-4H3. The molecule has 0 aliphatic heterocycles. The predicted molar refractivity (Wildman–Crippen MR) is 68.3 cm³/mol. The lowest BCUT2D eigenvalue weighted by molar-refractivity contribution is -0.0406. The van der Waals surface area contributed by atoms with Gasteiger partial charge >= 0.3 is 0 Å². The topological polar surface area (TPSA) is 38.7 Å². The zero-order valence-corrected chi connectivity index (χ0v) is 11.1. The molecule has 0 aliphatic carbocycles. The average Bonchev–Trinajstić information content (AvgIpc) is 2.29. The highest BCUT2D eigenvalue weighted by Crippen LogP contribution is 2.33. The number of para-hydroxylation sites is 1. The summed E-state index contributed by atoms with van der Waals surface area (Å²) in [6, 6.07) is 7.58. The van der Waals surface area contributed by atoms with Gasteiger partial charge in [0, 0.05) is 12.7 Å². The summed E-state index contributed by atoms with van der Waals surface area (Å²) < 4.78 is 10.8. The van der Waals surface area contributed by atoms with Crippen molar-refractivity contribution in [1.29, 1.82) is 0 Å². The van der Waals surface area contributed by atoms with E-state index in [1.807, 2.05) is 45.0 Å². The first-order valence-electron chi connectivity index (χ1n) is 6.01. The Hall–Kier alpha value is -1.06. The molecular formula is C14H22O3. The summed E-state index contributed by atoms with van der Waals surface area (Å²) in [4.78, 5) is 0. The van der Waals surface area contributed by atoms with Gasteiger partial charge in [0.1, 0.15) is 11.4 Å². The minimum atomic E-state index is -0.986. The van der Waals surface area contributed by atoms with Crippen molar-refractivity contribution in [2.75, 3.05) is 13.7 Å². The molecule has 1 N–H and O–H groups in total. The van der Waals surface area contributed by atoms with Gasteiger partial charge in [-0.25, -0.2) is 0 Å². The van der Waals surface area contributed by atoms with Crippen molar-refractivity contribution < 1.29 is 14.6 Å². The second-order valence-corrected chi connectivity index (χ2v) is 4.48. The van der Waals surface area contributed by atoms with Crippen LogP contribution in [0.15, 0.2) is 24.3 Å². The molecule has 1 atom stereocenters. The summed E-state index contributed by atoms with van der Waals surface area (Å²) in [5.41, 5.74) is -0.196. The van der Waals surface area contributed by atoms with Gasteiger partial charge < -0.3 is 14.6 Å². The van der Waals surface area contributed by atoms with Crippen molar-refractivity contribution in [1.82, 2.24) is 0 Å². The van der Waals surface area contributed by atoms with Gasteiger partial charge in [0.2, 0.25) is 0 Å². The molecule has 0 aromatic heterocycles. The molecule has 0 saturated carbocycles. The summed E-state index contributed by atoms with van der Waals surface area (Å²) in [6.07, 6.45) is 0.666. The Bertz CT molecular complexity index is 349. The van der Waals surface area contributed by atoms with Gasteiger partial charge in [-0.05, 0) is 26.3 Å². The third kappa shape index (κ3) is 3.45. The Morgan fingerprint density at radius 3 is 2.47 bits per heavy atom. The number of benzene rings is 1. The predicted octanol–water partition coefficient (Wildman–Crippen LogP) is 2.72. The van der Waals surface area contributed by atoms with Crippen molar-refractivity contribution in [2.45, 2.75) is 38.9 Å². The minimum absolute atomic E-state index is 0.0831. The largest absolute Gasteiger partial charge is 0.491 e. The molecule has 0 spiro atoms. The van der Waals surface area contributed by atoms with Gasteiger partial charge in [-0.3, -0.25) is 0 Å². The summed E-state index contributed by atoms with van der Waals surface area (Å²) >= 11 is 0. The fraction of sp³-hybridized carbons (Fsp3) is 0.571. The average molecular weight is 238 g/mol. The molecule has 3 nitrogen and oxygen atoms in total. The fourth-order valence-corrected chi connectivity index (χ4v) is 1.82. The summed E-state index contributed by atoms with van der Waals surface area (Å²) in [6.45, 7) is 6.14. The highest BCUT2D eigenvalue weighted by atomic mass is 16.5. The van der Waals surface area contributed by atoms with Crippen molar-refractivity contribution in [3.63, 3.8) is 0 Å². The van der Waals surface area contributed by atoms with E-state index >= 15 is 0 Å². The van der Waals surface area contributed by atoms with Crippen LogP contribution in [0.5, 0.6) is 5.75 Å². The number of methoxy groups -OCH3 is 1. The Balaban J connectivity index is 3.09. The Labute approximate surface area is 103 Å². The molecular weight excluding hydrogens is 216 g/mol. The third-order valence-electron chi connectivity index (χ3n) is 2.72. The quantitative estimate of drug-likeness (QED) is 0.828. The molecule has 96 valence electrons. The summed E-state index contributed by atoms with van der Waals surface area (Å²) in [5, 5.41) is 10.6. The van der Waals surface area contributed by atoms with Gasteiger partial charge in [-0.15, -0.1) is 0 Å². The lowest BCUT2D eigenvalue weighted by Crippen LogP contribution is -2.31. The lowest BCUT2D eigenvalue weighted by Gasteiger charge is -2.29. The zero-order valence-electron chi connectivity index (χ0n) is 11.1. The van der Waals surface area contributed by atoms with E-state index < -0.39 is 5.60 Å². The maximum atomic E-state index is 10.6. The van der Waals surface area contributed by atoms with E-state index in [1.54, 1.807) is 7.11 Å². The van der Waals surface area contributed by atoms with Crippen LogP contribution >= 0.6 is 0 Å². The molecule has 0 saturated heterocycles. The van der Waals surface area contributed by atoms with Gasteiger partial charge in [-0.2, -0.15) is 0 Å². The number of aliphatic hydroxyl groups is 1. The van der Waals surface area contributed by atoms with Crippen LogP contribution in [0.4, 0.5) is 0 Å². The molecule has 0 bridgehead atoms. The molecule has 0 aliphatic rings. The molecule has 1 aromatic carbocycles. The zero-order chi connectivity index (χ0) is 12.9. The molecule has 0 heterocycles. The van der Waals surface area contributed by atoms with E-state index in [9.17, 15) is 5.11 Å². The van der Waals surface area contributed by atoms with E-state index in [1.165, 1.54) is 0 Å². The first kappa shape index (κ1) is 14.0. The Kier molecular flexibility index (Phi) is 4.97. The Morgan fingerprint density at radius 2 is 1.94 bits per heavy atom. The number of ether oxygens (including phenoxy) is 2. The van der Waals surface area contributed by atoms with Crippen LogP contribution < -0.4 is 4.74 Å². The number of rotatable bonds is 6. The van der Waals surface area contributed by atoms with Crippen LogP contribution in [0.2, 0.25) is 0 Å². The van der Waals surface area contributed by atoms with E-state index in [4.69, 9.17) is 9.47 Å². The maximum Gasteiger partial charge on any atom is 0.125 e. The summed E-state index contributed by atoms with van der Waals surface area (Å²) in [7, 11) is 1.59. The van der Waals surface area contributed by atoms with Gasteiger partial charge in [0.15, 0.2) is 0 Å². The molecule has 3 heteroatoms. The molecule has 0 amide bonds. The van der Waals surface area contributed by atoms with E-state index in [0.29, 0.717) is 6.42 Å². The van der Waals surface area contributed by atoms with Crippen molar-refractivity contribution in [3.05, 3.63) is 29.8 Å². The van der Waals surface area contributed by atoms with E-state index in [0.717, 1.165) is 11.3 Å². The van der Waals surface area contributed by atoms with Crippen molar-refractivity contribution >= 4 is 0 Å². The van der Waals surface area contributed by atoms with E-state index in [-0.39, 0.29) is 12.7 Å². The Morgan fingerprint density at radius 1 is 1.29 bits per heavy atom. The van der Waals surface area contributed by atoms with Crippen molar-refractivity contribution in [2.24, 2.45) is 0 Å². The highest BCUT2D eigenvalue weighted by molar-refractivity contribution is 5.38. The minimum Gasteiger partial charge on any atom is -0.491 e. The SMILES string of the molecule is CCC(O)(COC)c1ccccc1OC(C)C. The lowest BCUT2D eigenvalue weighted by atomic mass is 9.91. The first-order valence-corrected chi connectivity index (χ1v) is 6.01. The van der Waals surface area contributed by atoms with Crippen LogP contribution in [0, 0.1) is 0 Å². The van der Waals surface area contributed by atoms with Crippen LogP contribution in [0.3, 0.4) is 0 Å². The highest BCUT2D eigenvalue weighted by Gasteiger charge is 2.30. The second kappa shape index (κ2) is 6.03. The van der Waals surface area contributed by atoms with Gasteiger partial charge in [0.05, 0.1) is 12.7 Å². The van der Waals surface area contributed by atoms with Crippen LogP contribution in [-0.4, -0.2) is 24.9 Å². The smallest absolute Gasteiger partial charge is 0.125 e. The third-order valence-corrected chi connectivity index (χ3v) is 2.72. The molecule has 0 radical (unpaired) electrons. The first-order chi connectivity index (χ1) is 8.03. The maximum absolute atomic E-state index is 10.6. The second-order valence-electron chi connectivity index (χ2n) is 4.48.